The van der Waals surface area contributed by atoms with Gasteiger partial charge < -0.3 is 24.0 Å². The van der Waals surface area contributed by atoms with E-state index in [1.165, 1.54) is 21.3 Å². The number of para-hydroxylation sites is 1. The van der Waals surface area contributed by atoms with Crippen molar-refractivity contribution in [2.24, 2.45) is 0 Å². The molecule has 30 heavy (non-hydrogen) atoms. The Bertz CT molecular complexity index is 1120. The lowest BCUT2D eigenvalue weighted by atomic mass is 10.2. The summed E-state index contributed by atoms with van der Waals surface area (Å²) in [6, 6.07) is 41.3. The molecular weight excluding hydrogens is 498 g/mol. The van der Waals surface area contributed by atoms with Gasteiger partial charge in [0.25, 0.3) is 0 Å². The zero-order valence-electron chi connectivity index (χ0n) is 16.4. The van der Waals surface area contributed by atoms with E-state index in [0.29, 0.717) is 0 Å². The highest BCUT2D eigenvalue weighted by molar-refractivity contribution is 7.95. The molecule has 0 atom stereocenters. The number of hydrogen-bond donors (Lipinski definition) is 1. The first-order chi connectivity index (χ1) is 14.4. The summed E-state index contributed by atoms with van der Waals surface area (Å²) in [6.07, 6.45) is 0.884. The van der Waals surface area contributed by atoms with Gasteiger partial charge in [-0.15, -0.1) is 0 Å². The molecule has 0 saturated heterocycles. The fraction of sp³-hybridized carbons (Fsp3) is 0.0385. The van der Waals surface area contributed by atoms with Crippen LogP contribution in [0.2, 0.25) is 0 Å². The summed E-state index contributed by atoms with van der Waals surface area (Å²) >= 11 is 0. The maximum absolute atomic E-state index is 4.76. The summed E-state index contributed by atoms with van der Waals surface area (Å²) in [5.41, 5.74) is 2.22. The average molecular weight is 520 g/mol. The van der Waals surface area contributed by atoms with Gasteiger partial charge >= 0.3 is 0 Å². The van der Waals surface area contributed by atoms with E-state index in [1.54, 1.807) is 0 Å². The lowest BCUT2D eigenvalue weighted by molar-refractivity contribution is -0.00000567. The molecule has 1 heterocycles. The van der Waals surface area contributed by atoms with Crippen LogP contribution < -0.4 is 39.9 Å². The summed E-state index contributed by atoms with van der Waals surface area (Å²) in [7, 11) is -1.93. The van der Waals surface area contributed by atoms with Crippen molar-refractivity contribution in [3.63, 3.8) is 0 Å². The number of rotatable bonds is 5. The minimum Gasteiger partial charge on any atom is -1.00 e. The van der Waals surface area contributed by atoms with Gasteiger partial charge in [0.1, 0.15) is 35.0 Å². The van der Waals surface area contributed by atoms with Crippen LogP contribution in [0.15, 0.2) is 115 Å². The summed E-state index contributed by atoms with van der Waals surface area (Å²) in [4.78, 5) is 0. The molecule has 5 aromatic rings. The number of nitrogens with one attached hydrogen (secondary N) is 1. The van der Waals surface area contributed by atoms with Gasteiger partial charge in [0.15, 0.2) is 0 Å². The molecule has 0 saturated carbocycles. The van der Waals surface area contributed by atoms with Gasteiger partial charge in [-0.1, -0.05) is 72.8 Å². The van der Waals surface area contributed by atoms with E-state index in [0.717, 1.165) is 17.4 Å². The van der Waals surface area contributed by atoms with Gasteiger partial charge in [-0.05, 0) is 42.5 Å². The summed E-state index contributed by atoms with van der Waals surface area (Å²) in [5, 5.41) is 13.3. The van der Waals surface area contributed by atoms with Gasteiger partial charge in [0, 0.05) is 5.39 Å². The molecular formula is C26H22IN2P. The standard InChI is InChI=1S/C26H22N2P.HI/c1-4-12-21(13-5-1)29(22-14-6-2-7-15-22,23-16-8-3-9-17-23)20-26-24-18-10-11-19-25(24)27-28-26;/h1-19H,20H2,(H,27,28);1H/q+1;/p-1. The number of fused-ring (bicyclic) bond motifs is 1. The fourth-order valence-electron chi connectivity index (χ4n) is 4.13. The van der Waals surface area contributed by atoms with Crippen molar-refractivity contribution in [2.75, 3.05) is 0 Å². The topological polar surface area (TPSA) is 28.7 Å². The minimum absolute atomic E-state index is 0. The zero-order valence-corrected chi connectivity index (χ0v) is 19.5. The molecule has 0 radical (unpaired) electrons. The van der Waals surface area contributed by atoms with E-state index in [-0.39, 0.29) is 24.0 Å². The lowest BCUT2D eigenvalue weighted by Crippen LogP contribution is -3.00. The third kappa shape index (κ3) is 3.68. The minimum atomic E-state index is -1.93. The Morgan fingerprint density at radius 1 is 0.567 bits per heavy atom. The normalized spacial score (nSPS) is 11.2. The van der Waals surface area contributed by atoms with Crippen LogP contribution in [0.25, 0.3) is 10.9 Å². The second kappa shape index (κ2) is 9.11. The Hall–Kier alpha value is -2.49. The van der Waals surface area contributed by atoms with E-state index < -0.39 is 7.26 Å². The highest BCUT2D eigenvalue weighted by Crippen LogP contribution is 2.58. The van der Waals surface area contributed by atoms with E-state index in [1.807, 2.05) is 0 Å². The molecule has 0 amide bonds. The molecule has 0 aliphatic rings. The molecule has 0 aliphatic carbocycles. The first-order valence-electron chi connectivity index (χ1n) is 9.85. The second-order valence-corrected chi connectivity index (χ2v) is 10.7. The van der Waals surface area contributed by atoms with Crippen LogP contribution in [0.4, 0.5) is 0 Å². The highest BCUT2D eigenvalue weighted by Gasteiger charge is 2.46. The van der Waals surface area contributed by atoms with E-state index in [2.05, 4.69) is 120 Å². The third-order valence-electron chi connectivity index (χ3n) is 5.53. The van der Waals surface area contributed by atoms with Crippen LogP contribution >= 0.6 is 7.26 Å². The Morgan fingerprint density at radius 3 is 1.50 bits per heavy atom. The molecule has 0 spiro atoms. The Morgan fingerprint density at radius 2 is 1.00 bits per heavy atom. The summed E-state index contributed by atoms with van der Waals surface area (Å²) < 4.78 is 0. The number of halogens is 1. The fourth-order valence-corrected chi connectivity index (χ4v) is 8.31. The van der Waals surface area contributed by atoms with Gasteiger partial charge in [-0.25, -0.2) is 0 Å². The second-order valence-electron chi connectivity index (χ2n) is 7.19. The molecule has 0 unspecified atom stereocenters. The lowest BCUT2D eigenvalue weighted by Gasteiger charge is -2.27. The first-order valence-corrected chi connectivity index (χ1v) is 11.8. The summed E-state index contributed by atoms with van der Waals surface area (Å²) in [5.74, 6) is 0. The molecule has 1 N–H and O–H groups in total. The van der Waals surface area contributed by atoms with Crippen LogP contribution in [0.3, 0.4) is 0 Å². The number of hydrogen-bond acceptors (Lipinski definition) is 1. The van der Waals surface area contributed by atoms with Crippen molar-refractivity contribution < 1.29 is 24.0 Å². The number of H-pyrrole nitrogens is 1. The molecule has 4 heteroatoms. The van der Waals surface area contributed by atoms with Gasteiger partial charge in [0.05, 0.1) is 5.52 Å². The Kier molecular flexibility index (Phi) is 6.31. The maximum Gasteiger partial charge on any atom is 0.118 e. The van der Waals surface area contributed by atoms with Gasteiger partial charge in [0.2, 0.25) is 0 Å². The molecule has 148 valence electrons. The van der Waals surface area contributed by atoms with Gasteiger partial charge in [-0.3, -0.25) is 5.10 Å². The van der Waals surface area contributed by atoms with E-state index in [4.69, 9.17) is 5.10 Å². The van der Waals surface area contributed by atoms with Crippen LogP contribution in [-0.4, -0.2) is 10.2 Å². The van der Waals surface area contributed by atoms with Crippen LogP contribution in [0.1, 0.15) is 5.69 Å². The van der Waals surface area contributed by atoms with Crippen molar-refractivity contribution in [3.8, 4) is 0 Å². The molecule has 4 aromatic carbocycles. The Labute approximate surface area is 194 Å². The average Bonchev–Trinajstić information content (AvgIpc) is 3.22. The first kappa shape index (κ1) is 20.8. The molecule has 5 rings (SSSR count). The molecule has 1 aromatic heterocycles. The number of benzene rings is 4. The number of nitrogens with zero attached hydrogens (tertiary/aromatic N) is 1. The predicted molar refractivity (Wildman–Crippen MR) is 125 cm³/mol. The molecule has 0 aliphatic heterocycles. The van der Waals surface area contributed by atoms with Crippen molar-refractivity contribution >= 4 is 34.1 Å². The van der Waals surface area contributed by atoms with E-state index >= 15 is 0 Å². The third-order valence-corrected chi connectivity index (χ3v) is 9.84. The number of aromatic nitrogens is 2. The molecule has 0 bridgehead atoms. The maximum atomic E-state index is 4.76. The monoisotopic (exact) mass is 520 g/mol. The Balaban J connectivity index is 0.00000218. The SMILES string of the molecule is [I-].c1ccc([P+](Cc2n[nH]c3ccccc23)(c2ccccc2)c2ccccc2)cc1. The van der Waals surface area contributed by atoms with Crippen molar-refractivity contribution in [1.29, 1.82) is 0 Å². The highest BCUT2D eigenvalue weighted by atomic mass is 127. The molecule has 0 fully saturated rings. The summed E-state index contributed by atoms with van der Waals surface area (Å²) in [6.45, 7) is 0. The van der Waals surface area contributed by atoms with Crippen molar-refractivity contribution in [2.45, 2.75) is 6.16 Å². The van der Waals surface area contributed by atoms with E-state index in [9.17, 15) is 0 Å². The van der Waals surface area contributed by atoms with Crippen LogP contribution in [0, 0.1) is 0 Å². The predicted octanol–water partition coefficient (Wildman–Crippen LogP) is 2.06. The van der Waals surface area contributed by atoms with Crippen molar-refractivity contribution in [3.05, 3.63) is 121 Å². The van der Waals surface area contributed by atoms with Crippen molar-refractivity contribution in [1.82, 2.24) is 10.2 Å². The van der Waals surface area contributed by atoms with Crippen LogP contribution in [-0.2, 0) is 6.16 Å². The number of aromatic amines is 1. The molecule has 2 nitrogen and oxygen atoms in total. The zero-order chi connectivity index (χ0) is 19.5. The van der Waals surface area contributed by atoms with Crippen LogP contribution in [0.5, 0.6) is 0 Å². The largest absolute Gasteiger partial charge is 1.00 e. The van der Waals surface area contributed by atoms with Gasteiger partial charge in [-0.2, -0.15) is 5.10 Å². The smallest absolute Gasteiger partial charge is 0.118 e. The quantitative estimate of drug-likeness (QED) is 0.279.